The first-order valence-corrected chi connectivity index (χ1v) is 5.87. The van der Waals surface area contributed by atoms with E-state index >= 15 is 0 Å². The van der Waals surface area contributed by atoms with E-state index in [1.165, 1.54) is 5.56 Å². The zero-order chi connectivity index (χ0) is 12.3. The number of aryl methyl sites for hydroxylation is 1. The number of methoxy groups -OCH3 is 1. The van der Waals surface area contributed by atoms with Crippen LogP contribution in [0.15, 0.2) is 30.4 Å². The van der Waals surface area contributed by atoms with Crippen LogP contribution in [0.2, 0.25) is 0 Å². The number of nitrogens with zero attached hydrogens (tertiary/aromatic N) is 1. The van der Waals surface area contributed by atoms with Crippen LogP contribution in [0.25, 0.3) is 0 Å². The van der Waals surface area contributed by atoms with Crippen molar-refractivity contribution in [3.05, 3.63) is 35.9 Å². The average Bonchev–Trinajstić information content (AvgIpc) is 2.37. The third-order valence-corrected chi connectivity index (χ3v) is 2.98. The fourth-order valence-electron chi connectivity index (χ4n) is 2.16. The Morgan fingerprint density at radius 2 is 2.29 bits per heavy atom. The van der Waals surface area contributed by atoms with E-state index < -0.39 is 0 Å². The van der Waals surface area contributed by atoms with Crippen LogP contribution in [-0.2, 0) is 11.2 Å². The highest BCUT2D eigenvalue weighted by molar-refractivity contribution is 6.02. The number of ether oxygens (including phenoxy) is 1. The summed E-state index contributed by atoms with van der Waals surface area (Å²) in [6, 6.07) is 5.89. The Morgan fingerprint density at radius 1 is 1.47 bits per heavy atom. The molecule has 1 aliphatic heterocycles. The SMILES string of the molecule is CC=CC(=O)N1CCCc2cc(OC)ccc21. The van der Waals surface area contributed by atoms with Crippen molar-refractivity contribution in [2.24, 2.45) is 0 Å². The van der Waals surface area contributed by atoms with Crippen LogP contribution >= 0.6 is 0 Å². The van der Waals surface area contributed by atoms with Crippen molar-refractivity contribution in [2.75, 3.05) is 18.6 Å². The van der Waals surface area contributed by atoms with E-state index in [1.54, 1.807) is 19.3 Å². The maximum absolute atomic E-state index is 11.9. The van der Waals surface area contributed by atoms with Crippen molar-refractivity contribution < 1.29 is 9.53 Å². The average molecular weight is 231 g/mol. The van der Waals surface area contributed by atoms with Gasteiger partial charge in [-0.15, -0.1) is 0 Å². The molecule has 0 radical (unpaired) electrons. The first kappa shape index (κ1) is 11.7. The van der Waals surface area contributed by atoms with Gasteiger partial charge in [-0.25, -0.2) is 0 Å². The molecule has 0 N–H and O–H groups in total. The molecule has 0 saturated heterocycles. The summed E-state index contributed by atoms with van der Waals surface area (Å²) < 4.78 is 5.21. The standard InChI is InChI=1S/C14H17NO2/c1-3-5-14(16)15-9-4-6-11-10-12(17-2)7-8-13(11)15/h3,5,7-8,10H,4,6,9H2,1-2H3. The van der Waals surface area contributed by atoms with Crippen molar-refractivity contribution >= 4 is 11.6 Å². The zero-order valence-corrected chi connectivity index (χ0v) is 10.3. The number of carbonyl (C=O) groups excluding carboxylic acids is 1. The minimum Gasteiger partial charge on any atom is -0.497 e. The van der Waals surface area contributed by atoms with Gasteiger partial charge in [0.15, 0.2) is 0 Å². The lowest BCUT2D eigenvalue weighted by Gasteiger charge is -2.28. The molecule has 1 aromatic carbocycles. The van der Waals surface area contributed by atoms with Crippen LogP contribution in [0.4, 0.5) is 5.69 Å². The molecule has 0 aromatic heterocycles. The van der Waals surface area contributed by atoms with Crippen molar-refractivity contribution in [2.45, 2.75) is 19.8 Å². The van der Waals surface area contributed by atoms with E-state index in [4.69, 9.17) is 4.74 Å². The molecule has 0 unspecified atom stereocenters. The summed E-state index contributed by atoms with van der Waals surface area (Å²) >= 11 is 0. The Kier molecular flexibility index (Phi) is 3.47. The molecule has 3 nitrogen and oxygen atoms in total. The van der Waals surface area contributed by atoms with Gasteiger partial charge >= 0.3 is 0 Å². The molecule has 2 rings (SSSR count). The number of hydrogen-bond donors (Lipinski definition) is 0. The fourth-order valence-corrected chi connectivity index (χ4v) is 2.16. The number of anilines is 1. The first-order chi connectivity index (χ1) is 8.26. The van der Waals surface area contributed by atoms with Gasteiger partial charge in [-0.1, -0.05) is 6.08 Å². The predicted octanol–water partition coefficient (Wildman–Crippen LogP) is 2.55. The van der Waals surface area contributed by atoms with Crippen molar-refractivity contribution in [1.82, 2.24) is 0 Å². The van der Waals surface area contributed by atoms with Gasteiger partial charge in [-0.05, 0) is 49.6 Å². The van der Waals surface area contributed by atoms with Crippen LogP contribution in [0.3, 0.4) is 0 Å². The smallest absolute Gasteiger partial charge is 0.250 e. The maximum Gasteiger partial charge on any atom is 0.250 e. The van der Waals surface area contributed by atoms with Gasteiger partial charge in [0.1, 0.15) is 5.75 Å². The Labute approximate surface area is 102 Å². The number of carbonyl (C=O) groups is 1. The molecule has 0 bridgehead atoms. The summed E-state index contributed by atoms with van der Waals surface area (Å²) in [7, 11) is 1.66. The Morgan fingerprint density at radius 3 is 3.00 bits per heavy atom. The molecular weight excluding hydrogens is 214 g/mol. The molecule has 3 heteroatoms. The molecule has 1 aliphatic rings. The highest BCUT2D eigenvalue weighted by Gasteiger charge is 2.20. The minimum absolute atomic E-state index is 0.0543. The van der Waals surface area contributed by atoms with Gasteiger partial charge in [-0.2, -0.15) is 0 Å². The molecule has 1 heterocycles. The third-order valence-electron chi connectivity index (χ3n) is 2.98. The first-order valence-electron chi connectivity index (χ1n) is 5.87. The molecule has 0 atom stereocenters. The second kappa shape index (κ2) is 5.04. The lowest BCUT2D eigenvalue weighted by molar-refractivity contribution is -0.114. The van der Waals surface area contributed by atoms with Crippen LogP contribution < -0.4 is 9.64 Å². The van der Waals surface area contributed by atoms with Crippen molar-refractivity contribution in [1.29, 1.82) is 0 Å². The lowest BCUT2D eigenvalue weighted by Crippen LogP contribution is -2.34. The van der Waals surface area contributed by atoms with E-state index in [0.29, 0.717) is 0 Å². The fraction of sp³-hybridized carbons (Fsp3) is 0.357. The third kappa shape index (κ3) is 2.33. The largest absolute Gasteiger partial charge is 0.497 e. The van der Waals surface area contributed by atoms with E-state index in [-0.39, 0.29) is 5.91 Å². The van der Waals surface area contributed by atoms with Crippen LogP contribution in [0.1, 0.15) is 18.9 Å². The summed E-state index contributed by atoms with van der Waals surface area (Å²) in [4.78, 5) is 13.8. The molecule has 0 aliphatic carbocycles. The van der Waals surface area contributed by atoms with Gasteiger partial charge in [0.2, 0.25) is 0 Å². The van der Waals surface area contributed by atoms with Crippen LogP contribution in [-0.4, -0.2) is 19.6 Å². The zero-order valence-electron chi connectivity index (χ0n) is 10.3. The molecular formula is C14H17NO2. The second-order valence-electron chi connectivity index (χ2n) is 4.09. The van der Waals surface area contributed by atoms with E-state index in [1.807, 2.05) is 30.0 Å². The predicted molar refractivity (Wildman–Crippen MR) is 68.5 cm³/mol. The summed E-state index contributed by atoms with van der Waals surface area (Å²) in [6.45, 7) is 2.65. The number of amides is 1. The van der Waals surface area contributed by atoms with Gasteiger partial charge in [0.05, 0.1) is 7.11 Å². The number of benzene rings is 1. The van der Waals surface area contributed by atoms with Gasteiger partial charge in [-0.3, -0.25) is 4.79 Å². The summed E-state index contributed by atoms with van der Waals surface area (Å²) in [5, 5.41) is 0. The number of fused-ring (bicyclic) bond motifs is 1. The highest BCUT2D eigenvalue weighted by Crippen LogP contribution is 2.30. The Bertz CT molecular complexity index is 452. The van der Waals surface area contributed by atoms with Gasteiger partial charge < -0.3 is 9.64 Å². The molecule has 0 spiro atoms. The normalized spacial score (nSPS) is 14.8. The summed E-state index contributed by atoms with van der Waals surface area (Å²) in [6.07, 6.45) is 5.40. The Balaban J connectivity index is 2.34. The molecule has 1 aromatic rings. The molecule has 0 saturated carbocycles. The van der Waals surface area contributed by atoms with Crippen molar-refractivity contribution in [3.63, 3.8) is 0 Å². The molecule has 17 heavy (non-hydrogen) atoms. The summed E-state index contributed by atoms with van der Waals surface area (Å²) in [5.74, 6) is 0.905. The topological polar surface area (TPSA) is 29.5 Å². The molecule has 0 fully saturated rings. The summed E-state index contributed by atoms with van der Waals surface area (Å²) in [5.41, 5.74) is 2.20. The highest BCUT2D eigenvalue weighted by atomic mass is 16.5. The maximum atomic E-state index is 11.9. The Hall–Kier alpha value is -1.77. The minimum atomic E-state index is 0.0543. The number of allylic oxidation sites excluding steroid dienone is 1. The van der Waals surface area contributed by atoms with Gasteiger partial charge in [0.25, 0.3) is 5.91 Å². The van der Waals surface area contributed by atoms with E-state index in [2.05, 4.69) is 0 Å². The molecule has 1 amide bonds. The van der Waals surface area contributed by atoms with Crippen molar-refractivity contribution in [3.8, 4) is 5.75 Å². The second-order valence-corrected chi connectivity index (χ2v) is 4.09. The van der Waals surface area contributed by atoms with E-state index in [0.717, 1.165) is 30.8 Å². The molecule has 90 valence electrons. The number of rotatable bonds is 2. The van der Waals surface area contributed by atoms with Gasteiger partial charge in [0, 0.05) is 12.2 Å². The van der Waals surface area contributed by atoms with Crippen LogP contribution in [0.5, 0.6) is 5.75 Å². The van der Waals surface area contributed by atoms with E-state index in [9.17, 15) is 4.79 Å². The lowest BCUT2D eigenvalue weighted by atomic mass is 10.0. The van der Waals surface area contributed by atoms with Crippen LogP contribution in [0, 0.1) is 0 Å². The number of hydrogen-bond acceptors (Lipinski definition) is 2. The quantitative estimate of drug-likeness (QED) is 0.732. The monoisotopic (exact) mass is 231 g/mol.